The lowest BCUT2D eigenvalue weighted by Gasteiger charge is -1.96. The van der Waals surface area contributed by atoms with Gasteiger partial charge >= 0.3 is 8.26 Å². The summed E-state index contributed by atoms with van der Waals surface area (Å²) in [6, 6.07) is 8.37. The SMILES string of the molecule is BrCCc1cccc(Br)c1.O=S(=O)(Cl)Cl. The summed E-state index contributed by atoms with van der Waals surface area (Å²) in [6.07, 6.45) is 1.10. The largest absolute Gasteiger partial charge is 0.317 e. The molecule has 0 aliphatic carbocycles. The van der Waals surface area contributed by atoms with Crippen molar-refractivity contribution in [2.24, 2.45) is 0 Å². The van der Waals surface area contributed by atoms with Crippen LogP contribution >= 0.6 is 53.2 Å². The molecule has 0 N–H and O–H groups in total. The summed E-state index contributed by atoms with van der Waals surface area (Å²) in [6.45, 7) is 0. The van der Waals surface area contributed by atoms with Gasteiger partial charge in [-0.25, -0.2) is 0 Å². The van der Waals surface area contributed by atoms with Crippen LogP contribution in [0.3, 0.4) is 0 Å². The zero-order valence-electron chi connectivity index (χ0n) is 7.46. The minimum atomic E-state index is -3.72. The Bertz CT molecular complexity index is 387. The highest BCUT2D eigenvalue weighted by atomic mass is 79.9. The first kappa shape index (κ1) is 15.7. The first-order valence-corrected chi connectivity index (χ1v) is 8.82. The molecule has 0 spiro atoms. The number of rotatable bonds is 2. The zero-order valence-corrected chi connectivity index (χ0v) is 13.0. The molecule has 0 fully saturated rings. The van der Waals surface area contributed by atoms with E-state index in [4.69, 9.17) is 8.42 Å². The van der Waals surface area contributed by atoms with Crippen molar-refractivity contribution in [2.45, 2.75) is 6.42 Å². The molecule has 15 heavy (non-hydrogen) atoms. The van der Waals surface area contributed by atoms with Gasteiger partial charge in [0, 0.05) is 31.2 Å². The fraction of sp³-hybridized carbons (Fsp3) is 0.250. The molecule has 2 nitrogen and oxygen atoms in total. The predicted octanol–water partition coefficient (Wildman–Crippen LogP) is 4.10. The Morgan fingerprint density at radius 3 is 2.20 bits per heavy atom. The van der Waals surface area contributed by atoms with Crippen molar-refractivity contribution < 1.29 is 8.42 Å². The van der Waals surface area contributed by atoms with Gasteiger partial charge in [-0.15, -0.1) is 0 Å². The average Bonchev–Trinajstić information content (AvgIpc) is 2.01. The summed E-state index contributed by atoms with van der Waals surface area (Å²) < 4.78 is 19.5. The highest BCUT2D eigenvalue weighted by Gasteiger charge is 1.90. The maximum atomic E-state index is 9.16. The molecule has 0 aliphatic rings. The second kappa shape index (κ2) is 7.90. The zero-order chi connectivity index (χ0) is 11.9. The Hall–Kier alpha value is 0.710. The second-order valence-corrected chi connectivity index (χ2v) is 7.82. The molecule has 1 aromatic carbocycles. The lowest BCUT2D eigenvalue weighted by Crippen LogP contribution is -1.83. The number of benzene rings is 1. The highest BCUT2D eigenvalue weighted by molar-refractivity contribution is 9.10. The minimum absolute atomic E-state index is 1.03. The van der Waals surface area contributed by atoms with E-state index in [-0.39, 0.29) is 0 Å². The topological polar surface area (TPSA) is 34.1 Å². The van der Waals surface area contributed by atoms with Gasteiger partial charge in [0.15, 0.2) is 0 Å². The number of alkyl halides is 1. The Kier molecular flexibility index (Phi) is 8.27. The van der Waals surface area contributed by atoms with Gasteiger partial charge in [0.05, 0.1) is 0 Å². The molecular weight excluding hydrogens is 391 g/mol. The van der Waals surface area contributed by atoms with Crippen LogP contribution in [0, 0.1) is 0 Å². The fourth-order valence-electron chi connectivity index (χ4n) is 0.802. The van der Waals surface area contributed by atoms with E-state index < -0.39 is 8.26 Å². The molecule has 0 atom stereocenters. The third-order valence-electron chi connectivity index (χ3n) is 1.27. The normalized spacial score (nSPS) is 10.4. The molecule has 7 heteroatoms. The monoisotopic (exact) mass is 396 g/mol. The molecule has 0 aliphatic heterocycles. The van der Waals surface area contributed by atoms with Crippen molar-refractivity contribution in [1.29, 1.82) is 0 Å². The van der Waals surface area contributed by atoms with Crippen LogP contribution in [-0.2, 0) is 14.7 Å². The van der Waals surface area contributed by atoms with Crippen molar-refractivity contribution in [3.05, 3.63) is 34.3 Å². The van der Waals surface area contributed by atoms with E-state index in [0.717, 1.165) is 16.2 Å². The van der Waals surface area contributed by atoms with Gasteiger partial charge in [-0.05, 0) is 24.1 Å². The third kappa shape index (κ3) is 12.6. The third-order valence-corrected chi connectivity index (χ3v) is 2.16. The van der Waals surface area contributed by atoms with Gasteiger partial charge in [-0.2, -0.15) is 8.42 Å². The summed E-state index contributed by atoms with van der Waals surface area (Å²) in [7, 11) is 4.81. The molecule has 0 amide bonds. The van der Waals surface area contributed by atoms with Crippen LogP contribution in [0.2, 0.25) is 0 Å². The Morgan fingerprint density at radius 1 is 1.27 bits per heavy atom. The van der Waals surface area contributed by atoms with Crippen molar-refractivity contribution in [2.75, 3.05) is 5.33 Å². The highest BCUT2D eigenvalue weighted by Crippen LogP contribution is 2.12. The van der Waals surface area contributed by atoms with E-state index in [1.54, 1.807) is 0 Å². The standard InChI is InChI=1S/C8H8Br2.Cl2O2S/c9-5-4-7-2-1-3-8(10)6-7;1-5(2,3)4/h1-3,6H,4-5H2;. The van der Waals surface area contributed by atoms with E-state index in [1.807, 2.05) is 6.07 Å². The molecule has 1 aromatic rings. The number of halogens is 4. The Morgan fingerprint density at radius 2 is 1.80 bits per heavy atom. The van der Waals surface area contributed by atoms with Gasteiger partial charge in [0.1, 0.15) is 0 Å². The van der Waals surface area contributed by atoms with Crippen LogP contribution in [0.15, 0.2) is 28.7 Å². The summed E-state index contributed by atoms with van der Waals surface area (Å²) >= 11 is 6.81. The van der Waals surface area contributed by atoms with Gasteiger partial charge in [0.25, 0.3) is 0 Å². The molecule has 0 heterocycles. The quantitative estimate of drug-likeness (QED) is 0.555. The Labute approximate surface area is 115 Å². The predicted molar refractivity (Wildman–Crippen MR) is 72.3 cm³/mol. The van der Waals surface area contributed by atoms with Crippen LogP contribution in [0.4, 0.5) is 0 Å². The lowest BCUT2D eigenvalue weighted by molar-refractivity contribution is 0.621. The van der Waals surface area contributed by atoms with Gasteiger partial charge in [-0.3, -0.25) is 0 Å². The number of hydrogen-bond acceptors (Lipinski definition) is 2. The average molecular weight is 399 g/mol. The molecule has 0 unspecified atom stereocenters. The molecule has 1 rings (SSSR count). The van der Waals surface area contributed by atoms with E-state index >= 15 is 0 Å². The summed E-state index contributed by atoms with van der Waals surface area (Å²) in [5.74, 6) is 0. The molecule has 86 valence electrons. The first-order chi connectivity index (χ1) is 6.83. The molecule has 0 saturated carbocycles. The fourth-order valence-corrected chi connectivity index (χ4v) is 1.71. The van der Waals surface area contributed by atoms with Crippen LogP contribution in [0.5, 0.6) is 0 Å². The Balaban J connectivity index is 0.000000336. The minimum Gasteiger partial charge on any atom is -0.195 e. The summed E-state index contributed by atoms with van der Waals surface area (Å²) in [5.41, 5.74) is 1.37. The van der Waals surface area contributed by atoms with Crippen LogP contribution in [0.1, 0.15) is 5.56 Å². The molecule has 0 saturated heterocycles. The lowest BCUT2D eigenvalue weighted by atomic mass is 10.2. The van der Waals surface area contributed by atoms with E-state index in [9.17, 15) is 0 Å². The number of aryl methyl sites for hydroxylation is 1. The smallest absolute Gasteiger partial charge is 0.195 e. The second-order valence-electron chi connectivity index (χ2n) is 2.45. The molecule has 0 aromatic heterocycles. The molecule has 0 bridgehead atoms. The van der Waals surface area contributed by atoms with E-state index in [0.29, 0.717) is 0 Å². The van der Waals surface area contributed by atoms with Crippen LogP contribution in [-0.4, -0.2) is 13.7 Å². The maximum Gasteiger partial charge on any atom is 0.317 e. The van der Waals surface area contributed by atoms with Gasteiger partial charge in [-0.1, -0.05) is 44.0 Å². The van der Waals surface area contributed by atoms with Crippen molar-refractivity contribution in [3.63, 3.8) is 0 Å². The summed E-state index contributed by atoms with van der Waals surface area (Å²) in [4.78, 5) is 0. The molecule has 0 radical (unpaired) electrons. The summed E-state index contributed by atoms with van der Waals surface area (Å²) in [5, 5.41) is 1.03. The van der Waals surface area contributed by atoms with Gasteiger partial charge in [0.2, 0.25) is 0 Å². The van der Waals surface area contributed by atoms with Crippen molar-refractivity contribution >= 4 is 61.5 Å². The van der Waals surface area contributed by atoms with Crippen LogP contribution < -0.4 is 0 Å². The first-order valence-electron chi connectivity index (χ1n) is 3.77. The number of hydrogen-bond donors (Lipinski definition) is 0. The van der Waals surface area contributed by atoms with E-state index in [2.05, 4.69) is 71.4 Å². The maximum absolute atomic E-state index is 9.16. The van der Waals surface area contributed by atoms with Gasteiger partial charge < -0.3 is 0 Å². The molecular formula is C8H8Br2Cl2O2S. The van der Waals surface area contributed by atoms with Crippen molar-refractivity contribution in [3.8, 4) is 0 Å². The van der Waals surface area contributed by atoms with Crippen molar-refractivity contribution in [1.82, 2.24) is 0 Å². The van der Waals surface area contributed by atoms with E-state index in [1.165, 1.54) is 5.56 Å². The van der Waals surface area contributed by atoms with Crippen LogP contribution in [0.25, 0.3) is 0 Å².